The zero-order valence-electron chi connectivity index (χ0n) is 24.0. The number of hydrogen-bond acceptors (Lipinski definition) is 4. The van der Waals surface area contributed by atoms with E-state index in [0.717, 1.165) is 60.9 Å². The first-order valence-electron chi connectivity index (χ1n) is 14.3. The van der Waals surface area contributed by atoms with Crippen LogP contribution in [0.2, 0.25) is 5.02 Å². The normalized spacial score (nSPS) is 17.3. The Hall–Kier alpha value is -3.61. The van der Waals surface area contributed by atoms with Crippen molar-refractivity contribution in [1.29, 1.82) is 0 Å². The number of rotatable bonds is 11. The van der Waals surface area contributed by atoms with Crippen molar-refractivity contribution in [1.82, 2.24) is 19.6 Å². The van der Waals surface area contributed by atoms with E-state index in [9.17, 15) is 4.79 Å². The van der Waals surface area contributed by atoms with Gasteiger partial charge >= 0.3 is 0 Å². The maximum atomic E-state index is 13.6. The quantitative estimate of drug-likeness (QED) is 0.204. The molecule has 1 atom stereocenters. The van der Waals surface area contributed by atoms with Gasteiger partial charge in [-0.2, -0.15) is 5.10 Å². The summed E-state index contributed by atoms with van der Waals surface area (Å²) in [5.74, 6) is 0.929. The van der Waals surface area contributed by atoms with Crippen molar-refractivity contribution in [2.24, 2.45) is 5.41 Å². The van der Waals surface area contributed by atoms with Crippen LogP contribution in [0, 0.1) is 12.3 Å². The van der Waals surface area contributed by atoms with Gasteiger partial charge in [-0.15, -0.1) is 0 Å². The number of halogens is 1. The first-order valence-corrected chi connectivity index (χ1v) is 14.7. The minimum Gasteiger partial charge on any atom is -0.493 e. The van der Waals surface area contributed by atoms with Crippen molar-refractivity contribution in [2.75, 3.05) is 26.7 Å². The lowest BCUT2D eigenvalue weighted by Crippen LogP contribution is -2.48. The van der Waals surface area contributed by atoms with E-state index in [-0.39, 0.29) is 11.3 Å². The van der Waals surface area contributed by atoms with Gasteiger partial charge in [0.05, 0.1) is 19.3 Å². The van der Waals surface area contributed by atoms with Gasteiger partial charge in [0.1, 0.15) is 5.75 Å². The van der Waals surface area contributed by atoms with Crippen molar-refractivity contribution < 1.29 is 9.53 Å². The molecule has 3 aromatic carbocycles. The number of benzene rings is 3. The summed E-state index contributed by atoms with van der Waals surface area (Å²) in [5, 5.41) is 5.33. The van der Waals surface area contributed by atoms with Crippen LogP contribution in [-0.4, -0.2) is 52.2 Å². The maximum Gasteiger partial charge on any atom is 0.223 e. The predicted molar refractivity (Wildman–Crippen MR) is 164 cm³/mol. The van der Waals surface area contributed by atoms with Crippen LogP contribution in [0.3, 0.4) is 0 Å². The van der Waals surface area contributed by atoms with E-state index >= 15 is 0 Å². The lowest BCUT2D eigenvalue weighted by atomic mass is 9.77. The molecule has 0 N–H and O–H groups in total. The molecule has 0 unspecified atom stereocenters. The summed E-state index contributed by atoms with van der Waals surface area (Å²) in [6.45, 7) is 6.37. The Labute approximate surface area is 248 Å². The molecule has 0 bridgehead atoms. The van der Waals surface area contributed by atoms with E-state index in [0.29, 0.717) is 19.6 Å². The van der Waals surface area contributed by atoms with Crippen LogP contribution >= 0.6 is 11.6 Å². The smallest absolute Gasteiger partial charge is 0.223 e. The molecule has 5 rings (SSSR count). The van der Waals surface area contributed by atoms with Crippen LogP contribution in [0.15, 0.2) is 91.3 Å². The molecule has 4 aromatic rings. The predicted octanol–water partition coefficient (Wildman–Crippen LogP) is 6.60. The third-order valence-electron chi connectivity index (χ3n) is 7.91. The van der Waals surface area contributed by atoms with Gasteiger partial charge in [-0.1, -0.05) is 72.3 Å². The van der Waals surface area contributed by atoms with Crippen LogP contribution < -0.4 is 4.74 Å². The number of aryl methyl sites for hydroxylation is 1. The highest BCUT2D eigenvalue weighted by molar-refractivity contribution is 6.31. The number of likely N-dealkylation sites (tertiary alicyclic amines) is 1. The third-order valence-corrected chi connectivity index (χ3v) is 8.33. The Bertz CT molecular complexity index is 1430. The summed E-state index contributed by atoms with van der Waals surface area (Å²) < 4.78 is 8.38. The second-order valence-electron chi connectivity index (χ2n) is 11.5. The van der Waals surface area contributed by atoms with E-state index < -0.39 is 0 Å². The van der Waals surface area contributed by atoms with Gasteiger partial charge in [0.15, 0.2) is 0 Å². The fourth-order valence-electron chi connectivity index (χ4n) is 5.71. The number of ether oxygens (including phenoxy) is 1. The Kier molecular flexibility index (Phi) is 9.42. The van der Waals surface area contributed by atoms with E-state index in [2.05, 4.69) is 52.6 Å². The van der Waals surface area contributed by atoms with Crippen LogP contribution in [0.5, 0.6) is 5.75 Å². The second kappa shape index (κ2) is 13.4. The first kappa shape index (κ1) is 28.9. The van der Waals surface area contributed by atoms with Crippen molar-refractivity contribution in [3.8, 4) is 5.75 Å². The molecule has 41 heavy (non-hydrogen) atoms. The van der Waals surface area contributed by atoms with E-state index in [1.807, 2.05) is 72.2 Å². The zero-order chi connectivity index (χ0) is 28.7. The average Bonchev–Trinajstić information content (AvgIpc) is 3.41. The molecular formula is C34H39ClN4O2. The van der Waals surface area contributed by atoms with Crippen molar-refractivity contribution in [3.63, 3.8) is 0 Å². The van der Waals surface area contributed by atoms with E-state index in [1.54, 1.807) is 0 Å². The monoisotopic (exact) mass is 570 g/mol. The van der Waals surface area contributed by atoms with Crippen LogP contribution in [0.4, 0.5) is 0 Å². The number of nitrogens with zero attached hydrogens (tertiary/aromatic N) is 4. The molecule has 0 saturated carbocycles. The molecule has 7 heteroatoms. The highest BCUT2D eigenvalue weighted by Crippen LogP contribution is 2.36. The fraction of sp³-hybridized carbons (Fsp3) is 0.353. The number of piperidine rings is 1. The lowest BCUT2D eigenvalue weighted by molar-refractivity contribution is -0.135. The zero-order valence-corrected chi connectivity index (χ0v) is 24.8. The highest BCUT2D eigenvalue weighted by Gasteiger charge is 2.39. The Morgan fingerprint density at radius 3 is 2.46 bits per heavy atom. The van der Waals surface area contributed by atoms with Gasteiger partial charge in [-0.3, -0.25) is 14.4 Å². The SMILES string of the molecule is Cc1cc(OC[C@@]2(CC(=O)N(C)Cc3ccccc3)CCCN(Cc3cnn(Cc4ccccc4)c3)C2)ccc1Cl. The highest BCUT2D eigenvalue weighted by atomic mass is 35.5. The van der Waals surface area contributed by atoms with Crippen molar-refractivity contribution in [3.05, 3.63) is 119 Å². The summed E-state index contributed by atoms with van der Waals surface area (Å²) in [5.41, 5.74) is 4.22. The van der Waals surface area contributed by atoms with Crippen molar-refractivity contribution >= 4 is 17.5 Å². The van der Waals surface area contributed by atoms with Crippen LogP contribution in [-0.2, 0) is 24.4 Å². The number of carbonyl (C=O) groups excluding carboxylic acids is 1. The standard InChI is InChI=1S/C34H39ClN4O2/c1-27-18-31(14-15-32(27)35)41-26-34(19-33(40)37(2)21-28-10-5-3-6-11-28)16-9-17-38(25-34)22-30-20-36-39(24-30)23-29-12-7-4-8-13-29/h3-8,10-15,18,20,24H,9,16-17,19,21-23,25-26H2,1-2H3/t34-/m1/s1. The third kappa shape index (κ3) is 7.99. The largest absolute Gasteiger partial charge is 0.493 e. The molecule has 1 aromatic heterocycles. The Morgan fingerprint density at radius 1 is 1.00 bits per heavy atom. The lowest BCUT2D eigenvalue weighted by Gasteiger charge is -2.43. The topological polar surface area (TPSA) is 50.6 Å². The van der Waals surface area contributed by atoms with Gasteiger partial charge in [0.25, 0.3) is 0 Å². The Balaban J connectivity index is 1.28. The molecule has 1 saturated heterocycles. The molecule has 0 aliphatic carbocycles. The summed E-state index contributed by atoms with van der Waals surface area (Å²) in [4.78, 5) is 17.9. The molecule has 1 fully saturated rings. The summed E-state index contributed by atoms with van der Waals surface area (Å²) in [6, 6.07) is 26.3. The number of carbonyl (C=O) groups is 1. The van der Waals surface area contributed by atoms with Crippen molar-refractivity contribution in [2.45, 2.75) is 45.8 Å². The summed E-state index contributed by atoms with van der Waals surface area (Å²) in [6.07, 6.45) is 6.48. The molecular weight excluding hydrogens is 532 g/mol. The van der Waals surface area contributed by atoms with Gasteiger partial charge in [-0.25, -0.2) is 0 Å². The number of aromatic nitrogens is 2. The fourth-order valence-corrected chi connectivity index (χ4v) is 5.82. The Morgan fingerprint density at radius 2 is 1.73 bits per heavy atom. The summed E-state index contributed by atoms with van der Waals surface area (Å²) in [7, 11) is 1.90. The minimum absolute atomic E-state index is 0.141. The molecule has 6 nitrogen and oxygen atoms in total. The van der Waals surface area contributed by atoms with Crippen LogP contribution in [0.25, 0.3) is 0 Å². The molecule has 1 amide bonds. The van der Waals surface area contributed by atoms with Gasteiger partial charge in [0, 0.05) is 55.3 Å². The minimum atomic E-state index is -0.298. The molecule has 214 valence electrons. The number of hydrogen-bond donors (Lipinski definition) is 0. The number of amides is 1. The van der Waals surface area contributed by atoms with Crippen LogP contribution in [0.1, 0.15) is 41.5 Å². The van der Waals surface area contributed by atoms with E-state index in [1.165, 1.54) is 11.1 Å². The first-order chi connectivity index (χ1) is 19.9. The average molecular weight is 571 g/mol. The molecule has 1 aliphatic heterocycles. The molecule has 0 radical (unpaired) electrons. The van der Waals surface area contributed by atoms with Gasteiger partial charge in [0.2, 0.25) is 5.91 Å². The summed E-state index contributed by atoms with van der Waals surface area (Å²) >= 11 is 6.25. The maximum absolute atomic E-state index is 13.6. The molecule has 2 heterocycles. The molecule has 1 aliphatic rings. The van der Waals surface area contributed by atoms with Gasteiger partial charge < -0.3 is 9.64 Å². The van der Waals surface area contributed by atoms with E-state index in [4.69, 9.17) is 16.3 Å². The second-order valence-corrected chi connectivity index (χ2v) is 11.9. The van der Waals surface area contributed by atoms with Gasteiger partial charge in [-0.05, 0) is 61.2 Å². The molecule has 0 spiro atoms.